The van der Waals surface area contributed by atoms with E-state index in [1.807, 2.05) is 0 Å². The topological polar surface area (TPSA) is 12.0 Å². The van der Waals surface area contributed by atoms with Gasteiger partial charge in [-0.3, -0.25) is 0 Å². The molecule has 1 aliphatic rings. The lowest BCUT2D eigenvalue weighted by molar-refractivity contribution is 0.520. The second-order valence-corrected chi connectivity index (χ2v) is 1.81. The van der Waals surface area contributed by atoms with Gasteiger partial charge in [0.1, 0.15) is 0 Å². The third-order valence-corrected chi connectivity index (χ3v) is 1.21. The number of hydrogen-bond donors (Lipinski definition) is 1. The molecule has 0 aromatic heterocycles. The fraction of sp³-hybridized carbons (Fsp3) is 1.00. The minimum absolute atomic E-state index is 1.25. The Morgan fingerprint density at radius 3 is 1.62 bits per heavy atom. The maximum Gasteiger partial charge on any atom is 0.0108 e. The summed E-state index contributed by atoms with van der Waals surface area (Å²) < 4.78 is 0. The van der Waals surface area contributed by atoms with Gasteiger partial charge in [0.25, 0.3) is 0 Å². The van der Waals surface area contributed by atoms with Crippen molar-refractivity contribution >= 4 is 11.6 Å². The lowest BCUT2D eigenvalue weighted by Crippen LogP contribution is -2.21. The summed E-state index contributed by atoms with van der Waals surface area (Å²) in [6.45, 7) is 2.50. The van der Waals surface area contributed by atoms with E-state index in [1.165, 1.54) is 38.7 Å². The van der Waals surface area contributed by atoms with Crippen LogP contribution in [0.25, 0.3) is 0 Å². The Morgan fingerprint density at radius 2 is 1.50 bits per heavy atom. The SMILES string of the molecule is C1CCNCC1.CCl. The van der Waals surface area contributed by atoms with Crippen LogP contribution in [-0.4, -0.2) is 19.5 Å². The van der Waals surface area contributed by atoms with E-state index >= 15 is 0 Å². The highest BCUT2D eigenvalue weighted by atomic mass is 35.5. The smallest absolute Gasteiger partial charge is 0.0108 e. The highest BCUT2D eigenvalue weighted by Gasteiger charge is 1.93. The Kier molecular flexibility index (Phi) is 7.48. The largest absolute Gasteiger partial charge is 0.317 e. The average Bonchev–Trinajstić information content (AvgIpc) is 1.96. The van der Waals surface area contributed by atoms with Crippen molar-refractivity contribution in [2.24, 2.45) is 0 Å². The Balaban J connectivity index is 0.000000222. The van der Waals surface area contributed by atoms with Gasteiger partial charge in [0.2, 0.25) is 0 Å². The van der Waals surface area contributed by atoms with Gasteiger partial charge in [-0.2, -0.15) is 0 Å². The number of hydrogen-bond acceptors (Lipinski definition) is 1. The predicted octanol–water partition coefficient (Wildman–Crippen LogP) is 1.61. The Morgan fingerprint density at radius 1 is 1.00 bits per heavy atom. The maximum atomic E-state index is 4.64. The summed E-state index contributed by atoms with van der Waals surface area (Å²) >= 11 is 4.64. The molecule has 2 heteroatoms. The summed E-state index contributed by atoms with van der Waals surface area (Å²) in [5, 5.41) is 3.28. The van der Waals surface area contributed by atoms with Crippen LogP contribution < -0.4 is 5.32 Å². The van der Waals surface area contributed by atoms with Crippen molar-refractivity contribution in [1.29, 1.82) is 0 Å². The zero-order valence-electron chi connectivity index (χ0n) is 5.41. The van der Waals surface area contributed by atoms with Crippen molar-refractivity contribution in [2.45, 2.75) is 19.3 Å². The van der Waals surface area contributed by atoms with Crippen molar-refractivity contribution in [3.63, 3.8) is 0 Å². The van der Waals surface area contributed by atoms with Gasteiger partial charge in [0.15, 0.2) is 0 Å². The Hall–Kier alpha value is 0.250. The summed E-state index contributed by atoms with van der Waals surface area (Å²) in [5.41, 5.74) is 0. The van der Waals surface area contributed by atoms with Crippen LogP contribution in [-0.2, 0) is 0 Å². The maximum absolute atomic E-state index is 4.64. The van der Waals surface area contributed by atoms with Crippen LogP contribution in [0.3, 0.4) is 0 Å². The van der Waals surface area contributed by atoms with Gasteiger partial charge in [-0.05, 0) is 25.9 Å². The molecular formula is C6H14ClN. The van der Waals surface area contributed by atoms with Crippen molar-refractivity contribution in [2.75, 3.05) is 19.5 Å². The molecule has 0 amide bonds. The molecule has 1 nitrogen and oxygen atoms in total. The first-order valence-electron chi connectivity index (χ1n) is 3.09. The molecule has 1 fully saturated rings. The van der Waals surface area contributed by atoms with Crippen LogP contribution in [0.4, 0.5) is 0 Å². The van der Waals surface area contributed by atoms with E-state index < -0.39 is 0 Å². The number of piperidine rings is 1. The van der Waals surface area contributed by atoms with Crippen molar-refractivity contribution < 1.29 is 0 Å². The second kappa shape index (κ2) is 7.25. The molecule has 0 aliphatic carbocycles. The molecule has 0 saturated carbocycles. The number of halogens is 1. The molecule has 0 unspecified atom stereocenters. The lowest BCUT2D eigenvalue weighted by atomic mass is 10.2. The van der Waals surface area contributed by atoms with E-state index in [4.69, 9.17) is 0 Å². The lowest BCUT2D eigenvalue weighted by Gasteiger charge is -2.08. The van der Waals surface area contributed by atoms with Crippen LogP contribution in [0.1, 0.15) is 19.3 Å². The minimum atomic E-state index is 1.25. The van der Waals surface area contributed by atoms with E-state index in [0.717, 1.165) is 0 Å². The van der Waals surface area contributed by atoms with Gasteiger partial charge in [-0.15, -0.1) is 11.6 Å². The molecule has 50 valence electrons. The first kappa shape index (κ1) is 8.25. The number of alkyl halides is 1. The molecule has 1 N–H and O–H groups in total. The molecule has 0 atom stereocenters. The van der Waals surface area contributed by atoms with Gasteiger partial charge >= 0.3 is 0 Å². The summed E-state index contributed by atoms with van der Waals surface area (Å²) in [6, 6.07) is 0. The van der Waals surface area contributed by atoms with Gasteiger partial charge in [-0.1, -0.05) is 6.42 Å². The van der Waals surface area contributed by atoms with Crippen LogP contribution in [0, 0.1) is 0 Å². The van der Waals surface area contributed by atoms with Gasteiger partial charge < -0.3 is 5.32 Å². The highest BCUT2D eigenvalue weighted by Crippen LogP contribution is 1.96. The fourth-order valence-electron chi connectivity index (χ4n) is 0.802. The third kappa shape index (κ3) is 4.41. The molecule has 1 heterocycles. The van der Waals surface area contributed by atoms with Crippen LogP contribution in [0.2, 0.25) is 0 Å². The molecular weight excluding hydrogens is 122 g/mol. The molecule has 0 aromatic rings. The molecule has 0 radical (unpaired) electrons. The van der Waals surface area contributed by atoms with Crippen molar-refractivity contribution in [3.8, 4) is 0 Å². The summed E-state index contributed by atoms with van der Waals surface area (Å²) in [5.74, 6) is 0. The van der Waals surface area contributed by atoms with Crippen molar-refractivity contribution in [3.05, 3.63) is 0 Å². The summed E-state index contributed by atoms with van der Waals surface area (Å²) in [7, 11) is 0. The number of rotatable bonds is 0. The Labute approximate surface area is 56.4 Å². The summed E-state index contributed by atoms with van der Waals surface area (Å²) in [6.07, 6.45) is 5.69. The zero-order chi connectivity index (χ0) is 6.24. The highest BCUT2D eigenvalue weighted by molar-refractivity contribution is 6.15. The van der Waals surface area contributed by atoms with Crippen LogP contribution >= 0.6 is 11.6 Å². The molecule has 0 spiro atoms. The van der Waals surface area contributed by atoms with Crippen molar-refractivity contribution in [1.82, 2.24) is 5.32 Å². The minimum Gasteiger partial charge on any atom is -0.317 e. The van der Waals surface area contributed by atoms with Gasteiger partial charge in [0, 0.05) is 6.38 Å². The Bertz CT molecular complexity index is 24.0. The molecule has 1 rings (SSSR count). The normalized spacial score (nSPS) is 18.8. The first-order chi connectivity index (χ1) is 4.00. The molecule has 0 aromatic carbocycles. The zero-order valence-corrected chi connectivity index (χ0v) is 6.17. The second-order valence-electron chi connectivity index (χ2n) is 1.81. The molecule has 0 bridgehead atoms. The van der Waals surface area contributed by atoms with E-state index in [1.54, 1.807) is 0 Å². The van der Waals surface area contributed by atoms with E-state index in [0.29, 0.717) is 0 Å². The quantitative estimate of drug-likeness (QED) is 0.498. The van der Waals surface area contributed by atoms with E-state index in [-0.39, 0.29) is 0 Å². The van der Waals surface area contributed by atoms with Gasteiger partial charge in [-0.25, -0.2) is 0 Å². The third-order valence-electron chi connectivity index (χ3n) is 1.21. The van der Waals surface area contributed by atoms with E-state index in [2.05, 4.69) is 16.9 Å². The molecule has 1 aliphatic heterocycles. The van der Waals surface area contributed by atoms with E-state index in [9.17, 15) is 0 Å². The van der Waals surface area contributed by atoms with Gasteiger partial charge in [0.05, 0.1) is 0 Å². The van der Waals surface area contributed by atoms with Crippen LogP contribution in [0.15, 0.2) is 0 Å². The predicted molar refractivity (Wildman–Crippen MR) is 38.5 cm³/mol. The molecule has 8 heavy (non-hydrogen) atoms. The number of nitrogens with one attached hydrogen (secondary N) is 1. The first-order valence-corrected chi connectivity index (χ1v) is 3.84. The summed E-state index contributed by atoms with van der Waals surface area (Å²) in [4.78, 5) is 0. The fourth-order valence-corrected chi connectivity index (χ4v) is 0.802. The average molecular weight is 136 g/mol. The van der Waals surface area contributed by atoms with Crippen LogP contribution in [0.5, 0.6) is 0 Å². The standard InChI is InChI=1S/C5H11N.CH3Cl/c1-2-4-6-5-3-1;1-2/h6H,1-5H2;1H3. The monoisotopic (exact) mass is 135 g/mol. The molecule has 1 saturated heterocycles.